The van der Waals surface area contributed by atoms with Gasteiger partial charge >= 0.3 is 153 Å². The second-order valence-electron chi connectivity index (χ2n) is 7.31. The fourth-order valence-electron chi connectivity index (χ4n) is 3.32. The molecule has 0 aromatic carbocycles. The molecule has 0 saturated heterocycles. The number of unbranched alkanes of at least 4 members (excludes halogenated alkanes) is 3. The van der Waals surface area contributed by atoms with E-state index in [4.69, 9.17) is 4.98 Å². The van der Waals surface area contributed by atoms with E-state index < -0.39 is 18.4 Å². The number of hydrogen-bond acceptors (Lipinski definition) is 2. The van der Waals surface area contributed by atoms with Crippen LogP contribution in [-0.4, -0.2) is 52.8 Å². The van der Waals surface area contributed by atoms with E-state index in [1.807, 2.05) is 25.0 Å². The molecule has 1 amide bonds. The summed E-state index contributed by atoms with van der Waals surface area (Å²) in [6.07, 6.45) is 12.0. The molecule has 0 aliphatic rings. The average molecular weight is 442 g/mol. The molecule has 1 aromatic heterocycles. The van der Waals surface area contributed by atoms with E-state index in [0.717, 1.165) is 0 Å². The Balaban J connectivity index is 3.02. The number of hydrogen-bond donors (Lipinski definition) is 0. The summed E-state index contributed by atoms with van der Waals surface area (Å²) in [6, 6.07) is 0. The van der Waals surface area contributed by atoms with Crippen molar-refractivity contribution in [3.8, 4) is 0 Å². The first-order valence-electron chi connectivity index (χ1n) is 9.71. The van der Waals surface area contributed by atoms with E-state index in [2.05, 4.69) is 27.0 Å². The van der Waals surface area contributed by atoms with Gasteiger partial charge in [-0.15, -0.1) is 0 Å². The van der Waals surface area contributed by atoms with Crippen LogP contribution < -0.4 is 3.71 Å². The SMILES string of the molecule is CCC[CH2][Sn]([CH2]CCC)([CH2]CCC)[c]1cn(CC(=O)N(C)C)cn1. The van der Waals surface area contributed by atoms with Gasteiger partial charge in [-0.1, -0.05) is 0 Å². The first-order chi connectivity index (χ1) is 11.5. The number of nitrogens with zero attached hydrogens (tertiary/aromatic N) is 3. The van der Waals surface area contributed by atoms with Crippen molar-refractivity contribution in [2.45, 2.75) is 79.2 Å². The summed E-state index contributed by atoms with van der Waals surface area (Å²) in [7, 11) is 3.63. The van der Waals surface area contributed by atoms with Gasteiger partial charge in [0, 0.05) is 0 Å². The normalized spacial score (nSPS) is 11.7. The Bertz CT molecular complexity index is 463. The zero-order valence-electron chi connectivity index (χ0n) is 16.5. The third-order valence-corrected chi connectivity index (χ3v) is 20.1. The third kappa shape index (κ3) is 6.41. The Morgan fingerprint density at radius 3 is 1.96 bits per heavy atom. The molecular formula is C19H37N3OSn. The monoisotopic (exact) mass is 443 g/mol. The number of amides is 1. The maximum absolute atomic E-state index is 12.0. The molecule has 0 N–H and O–H groups in total. The van der Waals surface area contributed by atoms with Gasteiger partial charge in [-0.25, -0.2) is 0 Å². The van der Waals surface area contributed by atoms with Gasteiger partial charge in [-0.3, -0.25) is 0 Å². The molecule has 0 aliphatic carbocycles. The van der Waals surface area contributed by atoms with E-state index in [0.29, 0.717) is 6.54 Å². The van der Waals surface area contributed by atoms with Crippen LogP contribution in [0.5, 0.6) is 0 Å². The standard InChI is InChI=1S/C7H10N3O.3C4H9.Sn/c1-9(2)7(11)5-10-4-3-8-6-10;3*1-3-4-2;/h4,6H,5H2,1-2H3;3*1,3-4H2,2H3;. The molecule has 0 radical (unpaired) electrons. The number of aromatic nitrogens is 2. The van der Waals surface area contributed by atoms with Gasteiger partial charge in [0.1, 0.15) is 0 Å². The molecule has 0 spiro atoms. The molecule has 5 heteroatoms. The Labute approximate surface area is 152 Å². The fraction of sp³-hybridized carbons (Fsp3) is 0.789. The second-order valence-corrected chi connectivity index (χ2v) is 20.4. The molecule has 0 atom stereocenters. The topological polar surface area (TPSA) is 38.1 Å². The minimum absolute atomic E-state index is 0.135. The second kappa shape index (κ2) is 11.2. The summed E-state index contributed by atoms with van der Waals surface area (Å²) in [5.74, 6) is 0.135. The summed E-state index contributed by atoms with van der Waals surface area (Å²) in [5, 5.41) is 0. The summed E-state index contributed by atoms with van der Waals surface area (Å²) < 4.78 is 7.68. The molecule has 0 bridgehead atoms. The van der Waals surface area contributed by atoms with Crippen molar-refractivity contribution >= 4 is 28.0 Å². The summed E-state index contributed by atoms with van der Waals surface area (Å²) in [5.41, 5.74) is 0. The van der Waals surface area contributed by atoms with Gasteiger partial charge in [0.2, 0.25) is 0 Å². The van der Waals surface area contributed by atoms with E-state index in [9.17, 15) is 4.79 Å². The number of carbonyl (C=O) groups excluding carboxylic acids is 1. The van der Waals surface area contributed by atoms with Crippen LogP contribution in [-0.2, 0) is 11.3 Å². The van der Waals surface area contributed by atoms with Gasteiger partial charge in [-0.2, -0.15) is 0 Å². The molecule has 1 aromatic rings. The summed E-state index contributed by atoms with van der Waals surface area (Å²) >= 11 is -2.44. The third-order valence-electron chi connectivity index (χ3n) is 5.02. The van der Waals surface area contributed by atoms with Gasteiger partial charge in [0.05, 0.1) is 0 Å². The Morgan fingerprint density at radius 1 is 1.04 bits per heavy atom. The van der Waals surface area contributed by atoms with Crippen LogP contribution in [0.15, 0.2) is 12.5 Å². The quantitative estimate of drug-likeness (QED) is 0.459. The molecule has 24 heavy (non-hydrogen) atoms. The van der Waals surface area contributed by atoms with Crippen molar-refractivity contribution in [2.75, 3.05) is 14.1 Å². The zero-order valence-corrected chi connectivity index (χ0v) is 19.3. The Hall–Kier alpha value is -0.521. The van der Waals surface area contributed by atoms with Crippen LogP contribution in [0.25, 0.3) is 0 Å². The van der Waals surface area contributed by atoms with Gasteiger partial charge in [0.25, 0.3) is 0 Å². The van der Waals surface area contributed by atoms with Crippen molar-refractivity contribution < 1.29 is 4.79 Å². The van der Waals surface area contributed by atoms with Crippen LogP contribution in [0.1, 0.15) is 59.3 Å². The molecule has 0 aliphatic heterocycles. The van der Waals surface area contributed by atoms with Crippen LogP contribution in [0.4, 0.5) is 0 Å². The average Bonchev–Trinajstić information content (AvgIpc) is 3.03. The molecule has 1 rings (SSSR count). The Kier molecular flexibility index (Phi) is 10.0. The van der Waals surface area contributed by atoms with Crippen molar-refractivity contribution in [3.63, 3.8) is 0 Å². The summed E-state index contributed by atoms with van der Waals surface area (Å²) in [6.45, 7) is 7.30. The maximum atomic E-state index is 12.0. The van der Waals surface area contributed by atoms with Crippen molar-refractivity contribution in [2.24, 2.45) is 0 Å². The number of rotatable bonds is 12. The Morgan fingerprint density at radius 2 is 1.54 bits per heavy atom. The van der Waals surface area contributed by atoms with E-state index in [1.54, 1.807) is 4.90 Å². The molecule has 0 unspecified atom stereocenters. The van der Waals surface area contributed by atoms with E-state index in [1.165, 1.54) is 55.5 Å². The zero-order chi connectivity index (χ0) is 18.0. The van der Waals surface area contributed by atoms with E-state index in [-0.39, 0.29) is 5.91 Å². The molecule has 4 nitrogen and oxygen atoms in total. The van der Waals surface area contributed by atoms with Crippen LogP contribution in [0, 0.1) is 0 Å². The number of carbonyl (C=O) groups is 1. The molecule has 1 heterocycles. The van der Waals surface area contributed by atoms with E-state index >= 15 is 0 Å². The summed E-state index contributed by atoms with van der Waals surface area (Å²) in [4.78, 5) is 18.5. The van der Waals surface area contributed by atoms with Gasteiger partial charge in [-0.05, 0) is 0 Å². The first-order valence-corrected chi connectivity index (χ1v) is 17.2. The van der Waals surface area contributed by atoms with Crippen LogP contribution in [0.3, 0.4) is 0 Å². The minimum atomic E-state index is -2.44. The molecule has 0 fully saturated rings. The van der Waals surface area contributed by atoms with Crippen molar-refractivity contribution in [3.05, 3.63) is 12.5 Å². The number of imidazole rings is 1. The molecule has 0 saturated carbocycles. The van der Waals surface area contributed by atoms with Crippen LogP contribution >= 0.6 is 0 Å². The molecule has 138 valence electrons. The van der Waals surface area contributed by atoms with Gasteiger partial charge in [0.15, 0.2) is 0 Å². The predicted molar refractivity (Wildman–Crippen MR) is 105 cm³/mol. The van der Waals surface area contributed by atoms with Crippen molar-refractivity contribution in [1.82, 2.24) is 14.5 Å². The van der Waals surface area contributed by atoms with Gasteiger partial charge < -0.3 is 0 Å². The first kappa shape index (κ1) is 21.5. The van der Waals surface area contributed by atoms with Crippen molar-refractivity contribution in [1.29, 1.82) is 0 Å². The van der Waals surface area contributed by atoms with Crippen LogP contribution in [0.2, 0.25) is 13.3 Å². The predicted octanol–water partition coefficient (Wildman–Crippen LogP) is 4.03. The fourth-order valence-corrected chi connectivity index (χ4v) is 18.7. The molecular weight excluding hydrogens is 405 g/mol. The number of likely N-dealkylation sites (N-methyl/N-ethyl adjacent to an activating group) is 1.